The Morgan fingerprint density at radius 2 is 1.90 bits per heavy atom. The molecule has 0 saturated carbocycles. The second-order valence-corrected chi connectivity index (χ2v) is 14.8. The summed E-state index contributed by atoms with van der Waals surface area (Å²) in [4.78, 5) is 26.2. The maximum absolute atomic E-state index is 15.6. The highest BCUT2D eigenvalue weighted by Gasteiger charge is 2.37. The zero-order valence-electron chi connectivity index (χ0n) is 26.1. The molecule has 0 spiro atoms. The molecule has 21 heteroatoms. The summed E-state index contributed by atoms with van der Waals surface area (Å²) < 4.78 is 98.3. The number of halogens is 5. The zero-order chi connectivity index (χ0) is 36.8. The highest BCUT2D eigenvalue weighted by molar-refractivity contribution is 7.93. The van der Waals surface area contributed by atoms with Gasteiger partial charge < -0.3 is 29.4 Å². The Bertz CT molecular complexity index is 2060. The molecule has 1 unspecified atom stereocenters. The van der Waals surface area contributed by atoms with Crippen LogP contribution in [0.3, 0.4) is 0 Å². The molecule has 14 nitrogen and oxygen atoms in total. The van der Waals surface area contributed by atoms with Gasteiger partial charge in [0.1, 0.15) is 38.5 Å². The van der Waals surface area contributed by atoms with Crippen molar-refractivity contribution >= 4 is 50.7 Å². The third kappa shape index (κ3) is 7.77. The maximum atomic E-state index is 15.6. The number of rotatable bonds is 9. The van der Waals surface area contributed by atoms with Gasteiger partial charge in [0, 0.05) is 29.0 Å². The Hall–Kier alpha value is -4.53. The molecular weight excluding hydrogens is 738 g/mol. The standard InChI is InChI=1S/C29H26ClF4N5O9S2/c1-28(2,3)26-35-23(14-49-26)38(27(40)41)50(44,45)22-11-18(30)21(12-19(22)31)47-20-8-7-15(48-29(32,33)34)10-16(20)17-13-37(36-25(17)39(42)43)24-6-4-5-9-46-24/h7-8,10-14,24H,4-6,9H2,1-3H3,(H,40,41). The van der Waals surface area contributed by atoms with Gasteiger partial charge in [-0.2, -0.15) is 4.68 Å². The van der Waals surface area contributed by atoms with E-state index >= 15 is 4.39 Å². The SMILES string of the molecule is CC(C)(C)c1nc(N(C(=O)O)S(=O)(=O)c2cc(Cl)c(Oc3ccc(OC(F)(F)F)cc3-c3cn(C4CCCCO4)nc3[N+](=O)[O-])cc2F)cs1. The molecule has 3 heterocycles. The second kappa shape index (κ2) is 13.6. The van der Waals surface area contributed by atoms with E-state index in [1.807, 2.05) is 0 Å². The summed E-state index contributed by atoms with van der Waals surface area (Å²) >= 11 is 7.30. The molecule has 0 bridgehead atoms. The highest BCUT2D eigenvalue weighted by atomic mass is 35.5. The first-order valence-electron chi connectivity index (χ1n) is 14.4. The van der Waals surface area contributed by atoms with Gasteiger partial charge in [-0.25, -0.2) is 22.6 Å². The number of alkyl halides is 3. The first kappa shape index (κ1) is 36.7. The lowest BCUT2D eigenvalue weighted by Crippen LogP contribution is -2.36. The van der Waals surface area contributed by atoms with Crippen molar-refractivity contribution in [2.24, 2.45) is 0 Å². The van der Waals surface area contributed by atoms with Gasteiger partial charge in [0.2, 0.25) is 0 Å². The number of benzene rings is 2. The van der Waals surface area contributed by atoms with Crippen LogP contribution in [0, 0.1) is 15.9 Å². The smallest absolute Gasteiger partial charge is 0.464 e. The minimum absolute atomic E-state index is 0.113. The number of hydrogen-bond acceptors (Lipinski definition) is 11. The van der Waals surface area contributed by atoms with Crippen molar-refractivity contribution in [2.75, 3.05) is 10.9 Å². The third-order valence-corrected chi connectivity index (χ3v) is 10.3. The van der Waals surface area contributed by atoms with Crippen molar-refractivity contribution in [2.45, 2.75) is 62.9 Å². The molecule has 0 radical (unpaired) electrons. The summed E-state index contributed by atoms with van der Waals surface area (Å²) in [7, 11) is -5.18. The number of carboxylic acid groups (broad SMARTS) is 1. The predicted octanol–water partition coefficient (Wildman–Crippen LogP) is 8.27. The fourth-order valence-electron chi connectivity index (χ4n) is 4.82. The van der Waals surface area contributed by atoms with E-state index in [-0.39, 0.29) is 15.4 Å². The predicted molar refractivity (Wildman–Crippen MR) is 170 cm³/mol. The van der Waals surface area contributed by atoms with E-state index in [9.17, 15) is 41.6 Å². The van der Waals surface area contributed by atoms with Gasteiger partial charge in [0.25, 0.3) is 10.0 Å². The van der Waals surface area contributed by atoms with Crippen LogP contribution in [0.1, 0.15) is 51.3 Å². The molecule has 2 aromatic heterocycles. The molecule has 1 atom stereocenters. The summed E-state index contributed by atoms with van der Waals surface area (Å²) in [5.74, 6) is -4.57. The Kier molecular flexibility index (Phi) is 10.0. The van der Waals surface area contributed by atoms with Crippen LogP contribution in [0.15, 0.2) is 46.8 Å². The van der Waals surface area contributed by atoms with E-state index in [2.05, 4.69) is 14.8 Å². The summed E-state index contributed by atoms with van der Waals surface area (Å²) in [5.41, 5.74) is -1.25. The number of hydrogen-bond donors (Lipinski definition) is 1. The average Bonchev–Trinajstić information content (AvgIpc) is 3.67. The van der Waals surface area contributed by atoms with Crippen molar-refractivity contribution < 1.29 is 55.0 Å². The Morgan fingerprint density at radius 3 is 2.48 bits per heavy atom. The van der Waals surface area contributed by atoms with Crippen LogP contribution in [-0.2, 0) is 20.2 Å². The van der Waals surface area contributed by atoms with Crippen molar-refractivity contribution in [1.29, 1.82) is 0 Å². The van der Waals surface area contributed by atoms with E-state index in [4.69, 9.17) is 21.1 Å². The number of thiazole rings is 1. The van der Waals surface area contributed by atoms with Crippen LogP contribution >= 0.6 is 22.9 Å². The quantitative estimate of drug-likeness (QED) is 0.0986. The Balaban J connectivity index is 1.57. The van der Waals surface area contributed by atoms with Crippen LogP contribution in [0.25, 0.3) is 11.1 Å². The van der Waals surface area contributed by atoms with E-state index in [1.165, 1.54) is 11.6 Å². The highest BCUT2D eigenvalue weighted by Crippen LogP contribution is 2.44. The summed E-state index contributed by atoms with van der Waals surface area (Å²) in [5, 5.41) is 26.8. The molecule has 1 fully saturated rings. The number of ether oxygens (including phenoxy) is 3. The molecule has 268 valence electrons. The number of aromatic nitrogens is 3. The van der Waals surface area contributed by atoms with Gasteiger partial charge in [0.05, 0.1) is 16.3 Å². The Labute approximate surface area is 290 Å². The third-order valence-electron chi connectivity index (χ3n) is 7.05. The van der Waals surface area contributed by atoms with Crippen LogP contribution in [0.5, 0.6) is 17.2 Å². The van der Waals surface area contributed by atoms with E-state index in [1.54, 1.807) is 20.8 Å². The number of nitro groups is 1. The normalized spacial score (nSPS) is 15.5. The topological polar surface area (TPSA) is 176 Å². The zero-order valence-corrected chi connectivity index (χ0v) is 28.5. The van der Waals surface area contributed by atoms with Gasteiger partial charge in [-0.15, -0.1) is 28.8 Å². The Morgan fingerprint density at radius 1 is 1.18 bits per heavy atom. The van der Waals surface area contributed by atoms with Crippen molar-refractivity contribution in [3.05, 3.63) is 67.9 Å². The first-order valence-corrected chi connectivity index (χ1v) is 17.1. The molecule has 1 N–H and O–H groups in total. The second-order valence-electron chi connectivity index (χ2n) is 11.8. The summed E-state index contributed by atoms with van der Waals surface area (Å²) in [6.45, 7) is 5.65. The van der Waals surface area contributed by atoms with E-state index in [0.717, 1.165) is 47.1 Å². The molecule has 1 saturated heterocycles. The first-order chi connectivity index (χ1) is 23.3. The molecule has 1 aliphatic heterocycles. The largest absolute Gasteiger partial charge is 0.573 e. The summed E-state index contributed by atoms with van der Waals surface area (Å²) in [6.07, 6.45) is -4.75. The van der Waals surface area contributed by atoms with E-state index in [0.29, 0.717) is 30.2 Å². The van der Waals surface area contributed by atoms with Gasteiger partial charge >= 0.3 is 18.3 Å². The molecule has 5 rings (SSSR count). The monoisotopic (exact) mass is 763 g/mol. The number of nitrogens with zero attached hydrogens (tertiary/aromatic N) is 5. The van der Waals surface area contributed by atoms with Crippen LogP contribution in [0.2, 0.25) is 5.02 Å². The van der Waals surface area contributed by atoms with Crippen molar-refractivity contribution in [3.63, 3.8) is 0 Å². The van der Waals surface area contributed by atoms with Crippen LogP contribution in [-0.4, -0.2) is 52.3 Å². The number of amides is 1. The minimum Gasteiger partial charge on any atom is -0.464 e. The minimum atomic E-state index is -5.18. The average molecular weight is 764 g/mol. The fraction of sp³-hybridized carbons (Fsp3) is 0.345. The molecule has 50 heavy (non-hydrogen) atoms. The summed E-state index contributed by atoms with van der Waals surface area (Å²) in [6, 6.07) is 3.63. The van der Waals surface area contributed by atoms with Crippen LogP contribution in [0.4, 0.5) is 34.0 Å². The number of anilines is 1. The molecule has 2 aromatic carbocycles. The maximum Gasteiger partial charge on any atom is 0.573 e. The van der Waals surface area contributed by atoms with Crippen molar-refractivity contribution in [1.82, 2.24) is 14.8 Å². The van der Waals surface area contributed by atoms with Crippen molar-refractivity contribution in [3.8, 4) is 28.4 Å². The fourth-order valence-corrected chi connectivity index (χ4v) is 7.35. The van der Waals surface area contributed by atoms with Gasteiger partial charge in [-0.1, -0.05) is 32.4 Å². The number of carbonyl (C=O) groups is 1. The number of sulfonamides is 1. The lowest BCUT2D eigenvalue weighted by molar-refractivity contribution is -0.389. The molecule has 1 aliphatic rings. The van der Waals surface area contributed by atoms with Gasteiger partial charge in [0.15, 0.2) is 12.0 Å². The van der Waals surface area contributed by atoms with Gasteiger partial charge in [-0.05, 0) is 48.5 Å². The molecule has 0 aliphatic carbocycles. The van der Waals surface area contributed by atoms with Crippen LogP contribution < -0.4 is 13.8 Å². The van der Waals surface area contributed by atoms with E-state index < -0.39 is 83.7 Å². The lowest BCUT2D eigenvalue weighted by atomic mass is 9.98. The molecular formula is C29H26ClF4N5O9S2. The van der Waals surface area contributed by atoms with Gasteiger partial charge in [-0.3, -0.25) is 0 Å². The molecule has 1 amide bonds. The lowest BCUT2D eigenvalue weighted by Gasteiger charge is -2.20. The molecule has 4 aromatic rings.